The van der Waals surface area contributed by atoms with Gasteiger partial charge in [0.15, 0.2) is 0 Å². The van der Waals surface area contributed by atoms with Crippen molar-refractivity contribution < 1.29 is 13.3 Å². The minimum atomic E-state index is -2.31. The molecular weight excluding hydrogens is 312 g/mol. The maximum atomic E-state index is 5.40. The predicted molar refractivity (Wildman–Crippen MR) is 82.3 cm³/mol. The summed E-state index contributed by atoms with van der Waals surface area (Å²) in [5, 5.41) is 1.14. The first-order chi connectivity index (χ1) is 8.74. The molecule has 0 bridgehead atoms. The fourth-order valence-electron chi connectivity index (χ4n) is 2.05. The Kier molecular flexibility index (Phi) is 13.0. The van der Waals surface area contributed by atoms with Crippen molar-refractivity contribution in [2.45, 2.75) is 57.4 Å². The normalized spacial score (nSPS) is 12.0. The van der Waals surface area contributed by atoms with Crippen LogP contribution in [0.4, 0.5) is 0 Å². The second-order valence-corrected chi connectivity index (χ2v) is 8.45. The van der Waals surface area contributed by atoms with Gasteiger partial charge in [-0.3, -0.25) is 0 Å². The molecule has 0 radical (unpaired) electrons. The number of halogens is 1. The van der Waals surface area contributed by atoms with Crippen LogP contribution in [0.3, 0.4) is 0 Å². The Hall–Kier alpha value is 0.577. The van der Waals surface area contributed by atoms with Crippen LogP contribution in [0.15, 0.2) is 0 Å². The Balaban J connectivity index is 3.38. The molecule has 0 aliphatic carbocycles. The van der Waals surface area contributed by atoms with Crippen molar-refractivity contribution in [2.24, 2.45) is 0 Å². The molecule has 110 valence electrons. The van der Waals surface area contributed by atoms with E-state index >= 15 is 0 Å². The highest BCUT2D eigenvalue weighted by Gasteiger charge is 2.36. The van der Waals surface area contributed by atoms with Crippen LogP contribution in [0, 0.1) is 0 Å². The summed E-state index contributed by atoms with van der Waals surface area (Å²) in [7, 11) is 2.74. The van der Waals surface area contributed by atoms with Gasteiger partial charge in [0, 0.05) is 32.7 Å². The summed E-state index contributed by atoms with van der Waals surface area (Å²) in [6.07, 6.45) is 10.5. The second-order valence-electron chi connectivity index (χ2n) is 4.56. The molecule has 5 heteroatoms. The molecule has 0 spiro atoms. The highest BCUT2D eigenvalue weighted by atomic mass is 79.9. The Labute approximate surface area is 122 Å². The number of hydrogen-bond acceptors (Lipinski definition) is 3. The lowest BCUT2D eigenvalue weighted by molar-refractivity contribution is 0.122. The fourth-order valence-corrected chi connectivity index (χ4v) is 4.24. The molecule has 0 aromatic carbocycles. The largest absolute Gasteiger partial charge is 0.500 e. The molecule has 0 rings (SSSR count). The Morgan fingerprint density at radius 2 is 1.06 bits per heavy atom. The third kappa shape index (κ3) is 8.64. The fraction of sp³-hybridized carbons (Fsp3) is 1.00. The average molecular weight is 341 g/mol. The third-order valence-electron chi connectivity index (χ3n) is 3.30. The molecule has 3 nitrogen and oxygen atoms in total. The summed E-state index contributed by atoms with van der Waals surface area (Å²) in [6.45, 7) is 0. The summed E-state index contributed by atoms with van der Waals surface area (Å²) in [5.41, 5.74) is 0. The van der Waals surface area contributed by atoms with Gasteiger partial charge in [-0.15, -0.1) is 0 Å². The van der Waals surface area contributed by atoms with E-state index in [2.05, 4.69) is 15.9 Å². The van der Waals surface area contributed by atoms with Gasteiger partial charge in [-0.2, -0.15) is 0 Å². The van der Waals surface area contributed by atoms with Gasteiger partial charge in [-0.25, -0.2) is 0 Å². The first kappa shape index (κ1) is 18.6. The molecule has 0 aliphatic heterocycles. The summed E-state index contributed by atoms with van der Waals surface area (Å²) in [5.74, 6) is 0. The van der Waals surface area contributed by atoms with E-state index in [0.717, 1.165) is 17.8 Å². The minimum absolute atomic E-state index is 0.931. The second kappa shape index (κ2) is 12.6. The van der Waals surface area contributed by atoms with Crippen molar-refractivity contribution in [3.8, 4) is 0 Å². The van der Waals surface area contributed by atoms with E-state index in [9.17, 15) is 0 Å². The van der Waals surface area contributed by atoms with E-state index in [-0.39, 0.29) is 0 Å². The quantitative estimate of drug-likeness (QED) is 0.283. The van der Waals surface area contributed by atoms with Gasteiger partial charge >= 0.3 is 8.80 Å². The van der Waals surface area contributed by atoms with Crippen LogP contribution in [-0.4, -0.2) is 35.5 Å². The number of alkyl halides is 1. The molecule has 0 heterocycles. The van der Waals surface area contributed by atoms with Crippen molar-refractivity contribution in [3.05, 3.63) is 0 Å². The summed E-state index contributed by atoms with van der Waals surface area (Å²) in [4.78, 5) is 0. The molecule has 0 aromatic rings. The predicted octanol–water partition coefficient (Wildman–Crippen LogP) is 4.38. The SMILES string of the molecule is CO[Si](CCCCCCCCCCBr)(OC)OC. The molecule has 18 heavy (non-hydrogen) atoms. The topological polar surface area (TPSA) is 27.7 Å². The Morgan fingerprint density at radius 3 is 1.44 bits per heavy atom. The van der Waals surface area contributed by atoms with E-state index in [1.165, 1.54) is 44.9 Å². The summed E-state index contributed by atoms with van der Waals surface area (Å²) in [6, 6.07) is 0.931. The van der Waals surface area contributed by atoms with Crippen molar-refractivity contribution in [3.63, 3.8) is 0 Å². The molecule has 0 saturated heterocycles. The highest BCUT2D eigenvalue weighted by molar-refractivity contribution is 9.09. The van der Waals surface area contributed by atoms with Crippen molar-refractivity contribution in [1.82, 2.24) is 0 Å². The first-order valence-corrected chi connectivity index (χ1v) is 10.0. The molecule has 0 amide bonds. The zero-order valence-electron chi connectivity index (χ0n) is 12.2. The first-order valence-electron chi connectivity index (χ1n) is 6.96. The van der Waals surface area contributed by atoms with Crippen LogP contribution in [0.5, 0.6) is 0 Å². The van der Waals surface area contributed by atoms with Gasteiger partial charge < -0.3 is 13.3 Å². The molecule has 0 aromatic heterocycles. The Bertz CT molecular complexity index is 169. The molecule has 0 saturated carbocycles. The monoisotopic (exact) mass is 340 g/mol. The van der Waals surface area contributed by atoms with E-state index < -0.39 is 8.80 Å². The summed E-state index contributed by atoms with van der Waals surface area (Å²) < 4.78 is 16.2. The zero-order chi connectivity index (χ0) is 13.7. The number of hydrogen-bond donors (Lipinski definition) is 0. The van der Waals surface area contributed by atoms with E-state index in [4.69, 9.17) is 13.3 Å². The average Bonchev–Trinajstić information content (AvgIpc) is 2.42. The lowest BCUT2D eigenvalue weighted by atomic mass is 10.1. The van der Waals surface area contributed by atoms with E-state index in [0.29, 0.717) is 0 Å². The number of unbranched alkanes of at least 4 members (excludes halogenated alkanes) is 7. The molecular formula is C13H29BrO3Si. The standard InChI is InChI=1S/C13H29BrO3Si/c1-15-18(16-2,17-3)13-11-9-7-5-4-6-8-10-12-14/h4-13H2,1-3H3. The van der Waals surface area contributed by atoms with Crippen LogP contribution in [0.1, 0.15) is 51.4 Å². The lowest BCUT2D eigenvalue weighted by Gasteiger charge is -2.24. The van der Waals surface area contributed by atoms with Gasteiger partial charge in [-0.05, 0) is 12.8 Å². The van der Waals surface area contributed by atoms with Gasteiger partial charge in [0.2, 0.25) is 0 Å². The van der Waals surface area contributed by atoms with Crippen LogP contribution in [-0.2, 0) is 13.3 Å². The van der Waals surface area contributed by atoms with E-state index in [1.807, 2.05) is 0 Å². The molecule has 0 N–H and O–H groups in total. The van der Waals surface area contributed by atoms with Crippen LogP contribution in [0.25, 0.3) is 0 Å². The number of rotatable bonds is 13. The van der Waals surface area contributed by atoms with Crippen molar-refractivity contribution in [2.75, 3.05) is 26.7 Å². The molecule has 0 unspecified atom stereocenters. The third-order valence-corrected chi connectivity index (χ3v) is 6.69. The maximum Gasteiger partial charge on any atom is 0.500 e. The highest BCUT2D eigenvalue weighted by Crippen LogP contribution is 2.18. The van der Waals surface area contributed by atoms with Gasteiger partial charge in [0.1, 0.15) is 0 Å². The molecule has 0 atom stereocenters. The minimum Gasteiger partial charge on any atom is -0.377 e. The summed E-state index contributed by atoms with van der Waals surface area (Å²) >= 11 is 3.46. The zero-order valence-corrected chi connectivity index (χ0v) is 14.8. The van der Waals surface area contributed by atoms with Gasteiger partial charge in [0.25, 0.3) is 0 Å². The molecule has 0 aliphatic rings. The van der Waals surface area contributed by atoms with Crippen LogP contribution < -0.4 is 0 Å². The van der Waals surface area contributed by atoms with E-state index in [1.54, 1.807) is 21.3 Å². The van der Waals surface area contributed by atoms with Crippen LogP contribution in [0.2, 0.25) is 6.04 Å². The lowest BCUT2D eigenvalue weighted by Crippen LogP contribution is -2.42. The molecule has 0 fully saturated rings. The maximum absolute atomic E-state index is 5.40. The van der Waals surface area contributed by atoms with Gasteiger partial charge in [0.05, 0.1) is 0 Å². The van der Waals surface area contributed by atoms with Gasteiger partial charge in [-0.1, -0.05) is 54.5 Å². The smallest absolute Gasteiger partial charge is 0.377 e. The van der Waals surface area contributed by atoms with Crippen molar-refractivity contribution in [1.29, 1.82) is 0 Å². The Morgan fingerprint density at radius 1 is 0.667 bits per heavy atom. The van der Waals surface area contributed by atoms with Crippen molar-refractivity contribution >= 4 is 24.7 Å². The van der Waals surface area contributed by atoms with Crippen LogP contribution >= 0.6 is 15.9 Å².